The summed E-state index contributed by atoms with van der Waals surface area (Å²) in [6.07, 6.45) is 0.0816. The molecule has 4 nitrogen and oxygen atoms in total. The van der Waals surface area contributed by atoms with Crippen LogP contribution in [0.5, 0.6) is 0 Å². The Morgan fingerprint density at radius 3 is 2.24 bits per heavy atom. The van der Waals surface area contributed by atoms with Crippen molar-refractivity contribution in [2.75, 3.05) is 11.4 Å². The van der Waals surface area contributed by atoms with Crippen LogP contribution >= 0.6 is 23.2 Å². The van der Waals surface area contributed by atoms with Crippen molar-refractivity contribution in [1.29, 1.82) is 0 Å². The molecule has 1 aliphatic heterocycles. The van der Waals surface area contributed by atoms with Gasteiger partial charge in [0.25, 0.3) is 0 Å². The predicted octanol–water partition coefficient (Wildman–Crippen LogP) is 1.73. The molecule has 0 radical (unpaired) electrons. The van der Waals surface area contributed by atoms with E-state index in [1.54, 1.807) is 0 Å². The molecule has 1 fully saturated rings. The summed E-state index contributed by atoms with van der Waals surface area (Å²) in [5, 5.41) is -0.974. The molecule has 1 saturated heterocycles. The summed E-state index contributed by atoms with van der Waals surface area (Å²) in [5.74, 6) is -2.81. The highest BCUT2D eigenvalue weighted by Crippen LogP contribution is 2.37. The summed E-state index contributed by atoms with van der Waals surface area (Å²) in [6.45, 7) is 0.112. The Labute approximate surface area is 105 Å². The zero-order valence-electron chi connectivity index (χ0n) is 8.38. The van der Waals surface area contributed by atoms with Gasteiger partial charge in [0.15, 0.2) is 0 Å². The Kier molecular flexibility index (Phi) is 3.20. The topological polar surface area (TPSA) is 59.2 Å². The lowest BCUT2D eigenvalue weighted by Crippen LogP contribution is -2.29. The molecule has 0 spiro atoms. The Morgan fingerprint density at radius 1 is 1.29 bits per heavy atom. The van der Waals surface area contributed by atoms with Gasteiger partial charge in [0.2, 0.25) is 17.8 Å². The first-order valence-electron chi connectivity index (χ1n) is 4.67. The molecule has 2 rings (SSSR count). The van der Waals surface area contributed by atoms with Gasteiger partial charge < -0.3 is 10.6 Å². The zero-order chi connectivity index (χ0) is 12.7. The first-order valence-corrected chi connectivity index (χ1v) is 5.43. The SMILES string of the molecule is NC1CC(=O)N(c2c(Cl)c(F)nc(F)c2Cl)C1. The lowest BCUT2D eigenvalue weighted by molar-refractivity contribution is -0.117. The van der Waals surface area contributed by atoms with Crippen molar-refractivity contribution in [2.24, 2.45) is 5.73 Å². The van der Waals surface area contributed by atoms with Crippen LogP contribution in [0.2, 0.25) is 10.0 Å². The lowest BCUT2D eigenvalue weighted by atomic mass is 10.3. The van der Waals surface area contributed by atoms with Gasteiger partial charge in [-0.25, -0.2) is 0 Å². The molecule has 1 atom stereocenters. The van der Waals surface area contributed by atoms with Crippen LogP contribution in [0.4, 0.5) is 14.5 Å². The molecule has 1 aliphatic rings. The van der Waals surface area contributed by atoms with Crippen LogP contribution < -0.4 is 10.6 Å². The van der Waals surface area contributed by atoms with Gasteiger partial charge >= 0.3 is 0 Å². The Bertz CT molecular complexity index is 471. The van der Waals surface area contributed by atoms with E-state index in [4.69, 9.17) is 28.9 Å². The van der Waals surface area contributed by atoms with Gasteiger partial charge in [-0.3, -0.25) is 4.79 Å². The largest absolute Gasteiger partial charge is 0.326 e. The second-order valence-corrected chi connectivity index (χ2v) is 4.39. The minimum atomic E-state index is -1.21. The molecule has 1 aromatic heterocycles. The number of aromatic nitrogens is 1. The molecular weight excluding hydrogens is 275 g/mol. The normalized spacial score (nSPS) is 20.2. The number of carbonyl (C=O) groups excluding carboxylic acids is 1. The fourth-order valence-electron chi connectivity index (χ4n) is 1.66. The van der Waals surface area contributed by atoms with Crippen molar-refractivity contribution in [2.45, 2.75) is 12.5 Å². The minimum absolute atomic E-state index is 0.0816. The molecule has 2 N–H and O–H groups in total. The van der Waals surface area contributed by atoms with E-state index in [0.29, 0.717) is 0 Å². The number of pyridine rings is 1. The van der Waals surface area contributed by atoms with E-state index in [1.807, 2.05) is 0 Å². The highest BCUT2D eigenvalue weighted by molar-refractivity contribution is 6.40. The molecule has 8 heteroatoms. The number of carbonyl (C=O) groups is 1. The Hall–Kier alpha value is -0.980. The number of nitrogens with two attached hydrogens (primary N) is 1. The molecule has 17 heavy (non-hydrogen) atoms. The van der Waals surface area contributed by atoms with Crippen LogP contribution in [0.25, 0.3) is 0 Å². The standard InChI is InChI=1S/C9H7Cl2F2N3O/c10-5-7(6(11)9(13)15-8(5)12)16-2-3(14)1-4(16)17/h3H,1-2,14H2. The molecule has 2 heterocycles. The lowest BCUT2D eigenvalue weighted by Gasteiger charge is -2.19. The summed E-state index contributed by atoms with van der Waals surface area (Å²) in [5.41, 5.74) is 5.37. The number of anilines is 1. The van der Waals surface area contributed by atoms with Crippen molar-refractivity contribution in [3.05, 3.63) is 21.9 Å². The van der Waals surface area contributed by atoms with Crippen molar-refractivity contribution >= 4 is 34.8 Å². The van der Waals surface area contributed by atoms with E-state index < -0.39 is 28.0 Å². The zero-order valence-corrected chi connectivity index (χ0v) is 9.90. The maximum absolute atomic E-state index is 13.2. The third-order valence-electron chi connectivity index (χ3n) is 2.40. The van der Waals surface area contributed by atoms with Gasteiger partial charge in [-0.2, -0.15) is 13.8 Å². The van der Waals surface area contributed by atoms with Crippen LogP contribution in [0.3, 0.4) is 0 Å². The Morgan fingerprint density at radius 2 is 1.82 bits per heavy atom. The van der Waals surface area contributed by atoms with Crippen molar-refractivity contribution in [1.82, 2.24) is 4.98 Å². The molecule has 0 bridgehead atoms. The van der Waals surface area contributed by atoms with Crippen molar-refractivity contribution in [3.8, 4) is 0 Å². The smallest absolute Gasteiger partial charge is 0.236 e. The average Bonchev–Trinajstić information content (AvgIpc) is 2.56. The van der Waals surface area contributed by atoms with Gasteiger partial charge in [-0.15, -0.1) is 0 Å². The number of hydrogen-bond donors (Lipinski definition) is 1. The van der Waals surface area contributed by atoms with Gasteiger partial charge in [-0.1, -0.05) is 23.2 Å². The maximum atomic E-state index is 13.2. The van der Waals surface area contributed by atoms with Crippen molar-refractivity contribution in [3.63, 3.8) is 0 Å². The molecule has 0 aliphatic carbocycles. The van der Waals surface area contributed by atoms with E-state index in [1.165, 1.54) is 0 Å². The van der Waals surface area contributed by atoms with Crippen molar-refractivity contribution < 1.29 is 13.6 Å². The summed E-state index contributed by atoms with van der Waals surface area (Å²) < 4.78 is 26.4. The van der Waals surface area contributed by atoms with Gasteiger partial charge in [0.1, 0.15) is 10.0 Å². The third kappa shape index (κ3) is 2.08. The van der Waals surface area contributed by atoms with Crippen LogP contribution in [0.1, 0.15) is 6.42 Å². The van der Waals surface area contributed by atoms with Crippen LogP contribution in [0.15, 0.2) is 0 Å². The van der Waals surface area contributed by atoms with Crippen LogP contribution in [0, 0.1) is 11.9 Å². The number of amides is 1. The monoisotopic (exact) mass is 281 g/mol. The third-order valence-corrected chi connectivity index (χ3v) is 3.07. The molecule has 1 aromatic rings. The fraction of sp³-hybridized carbons (Fsp3) is 0.333. The second kappa shape index (κ2) is 4.36. The van der Waals surface area contributed by atoms with E-state index in [-0.39, 0.29) is 24.6 Å². The van der Waals surface area contributed by atoms with Crippen LogP contribution in [-0.2, 0) is 4.79 Å². The molecule has 1 unspecified atom stereocenters. The van der Waals surface area contributed by atoms with E-state index in [0.717, 1.165) is 4.90 Å². The summed E-state index contributed by atoms with van der Waals surface area (Å²) in [7, 11) is 0. The maximum Gasteiger partial charge on any atom is 0.236 e. The fourth-order valence-corrected chi connectivity index (χ4v) is 2.19. The summed E-state index contributed by atoms with van der Waals surface area (Å²) >= 11 is 11.3. The molecule has 0 saturated carbocycles. The molecule has 0 aromatic carbocycles. The minimum Gasteiger partial charge on any atom is -0.326 e. The summed E-state index contributed by atoms with van der Waals surface area (Å²) in [4.78, 5) is 15.5. The van der Waals surface area contributed by atoms with Gasteiger partial charge in [-0.05, 0) is 0 Å². The predicted molar refractivity (Wildman–Crippen MR) is 59.1 cm³/mol. The highest BCUT2D eigenvalue weighted by Gasteiger charge is 2.33. The molecular formula is C9H7Cl2F2N3O. The van der Waals surface area contributed by atoms with Gasteiger partial charge in [0.05, 0.1) is 5.69 Å². The van der Waals surface area contributed by atoms with E-state index in [9.17, 15) is 13.6 Å². The number of rotatable bonds is 1. The van der Waals surface area contributed by atoms with Gasteiger partial charge in [0, 0.05) is 19.0 Å². The molecule has 1 amide bonds. The first-order chi connectivity index (χ1) is 7.91. The van der Waals surface area contributed by atoms with E-state index in [2.05, 4.69) is 4.98 Å². The van der Waals surface area contributed by atoms with E-state index >= 15 is 0 Å². The number of hydrogen-bond acceptors (Lipinski definition) is 3. The summed E-state index contributed by atoms with van der Waals surface area (Å²) in [6, 6.07) is -0.408. The number of halogens is 4. The number of nitrogens with zero attached hydrogens (tertiary/aromatic N) is 2. The second-order valence-electron chi connectivity index (χ2n) is 3.64. The quantitative estimate of drug-likeness (QED) is 0.798. The molecule has 92 valence electrons. The first kappa shape index (κ1) is 12.5. The van der Waals surface area contributed by atoms with Crippen LogP contribution in [-0.4, -0.2) is 23.5 Å². The highest BCUT2D eigenvalue weighted by atomic mass is 35.5. The average molecular weight is 282 g/mol. The Balaban J connectivity index is 2.55.